The third kappa shape index (κ3) is 4.02. The van der Waals surface area contributed by atoms with Crippen molar-refractivity contribution in [3.63, 3.8) is 0 Å². The number of rotatable bonds is 5. The molecule has 8 heteroatoms. The molecule has 126 valence electrons. The van der Waals surface area contributed by atoms with Gasteiger partial charge in [0.05, 0.1) is 24.6 Å². The molecule has 2 aromatic rings. The fourth-order valence-electron chi connectivity index (χ4n) is 2.84. The fourth-order valence-corrected chi connectivity index (χ4v) is 2.84. The fraction of sp³-hybridized carbons (Fsp3) is 0.438. The van der Waals surface area contributed by atoms with Gasteiger partial charge in [0.2, 0.25) is 5.91 Å². The molecule has 0 aliphatic carbocycles. The molecule has 0 bridgehead atoms. The average Bonchev–Trinajstić information content (AvgIpc) is 2.63. The van der Waals surface area contributed by atoms with Gasteiger partial charge in [0, 0.05) is 37.6 Å². The van der Waals surface area contributed by atoms with Crippen LogP contribution in [0.4, 0.5) is 11.6 Å². The van der Waals surface area contributed by atoms with E-state index >= 15 is 0 Å². The SMILES string of the molecule is CNCC(=O)N1CCC[C@@H](c2cncc(Nc3cnccn3)n2)C1. The van der Waals surface area contributed by atoms with Crippen molar-refractivity contribution in [2.24, 2.45) is 0 Å². The first-order chi connectivity index (χ1) is 11.8. The van der Waals surface area contributed by atoms with Crippen LogP contribution in [0.2, 0.25) is 0 Å². The summed E-state index contributed by atoms with van der Waals surface area (Å²) < 4.78 is 0. The van der Waals surface area contributed by atoms with Crippen LogP contribution in [0.1, 0.15) is 24.5 Å². The summed E-state index contributed by atoms with van der Waals surface area (Å²) in [4.78, 5) is 31.1. The Morgan fingerprint density at radius 1 is 1.25 bits per heavy atom. The van der Waals surface area contributed by atoms with Crippen molar-refractivity contribution < 1.29 is 4.79 Å². The van der Waals surface area contributed by atoms with E-state index in [9.17, 15) is 4.79 Å². The van der Waals surface area contributed by atoms with Crippen molar-refractivity contribution in [2.45, 2.75) is 18.8 Å². The maximum absolute atomic E-state index is 12.1. The molecule has 3 rings (SSSR count). The van der Waals surface area contributed by atoms with Gasteiger partial charge >= 0.3 is 0 Å². The minimum atomic E-state index is 0.129. The van der Waals surface area contributed by atoms with Crippen LogP contribution >= 0.6 is 0 Å². The van der Waals surface area contributed by atoms with E-state index in [4.69, 9.17) is 0 Å². The number of hydrogen-bond donors (Lipinski definition) is 2. The van der Waals surface area contributed by atoms with Crippen molar-refractivity contribution in [3.8, 4) is 0 Å². The van der Waals surface area contributed by atoms with Gasteiger partial charge in [-0.2, -0.15) is 0 Å². The van der Waals surface area contributed by atoms with Gasteiger partial charge in [0.25, 0.3) is 0 Å². The molecule has 1 aliphatic heterocycles. The Kier molecular flexibility index (Phi) is 5.27. The summed E-state index contributed by atoms with van der Waals surface area (Å²) in [5.41, 5.74) is 0.894. The first-order valence-electron chi connectivity index (χ1n) is 8.03. The van der Waals surface area contributed by atoms with E-state index in [0.29, 0.717) is 24.7 Å². The molecule has 8 nitrogen and oxygen atoms in total. The van der Waals surface area contributed by atoms with Crippen LogP contribution in [0.15, 0.2) is 31.0 Å². The van der Waals surface area contributed by atoms with E-state index in [-0.39, 0.29) is 11.8 Å². The molecule has 2 N–H and O–H groups in total. The van der Waals surface area contributed by atoms with Crippen molar-refractivity contribution in [1.82, 2.24) is 30.2 Å². The third-order valence-corrected chi connectivity index (χ3v) is 3.99. The van der Waals surface area contributed by atoms with Gasteiger partial charge < -0.3 is 15.5 Å². The van der Waals surface area contributed by atoms with Crippen LogP contribution < -0.4 is 10.6 Å². The zero-order valence-electron chi connectivity index (χ0n) is 13.6. The van der Waals surface area contributed by atoms with E-state index in [1.165, 1.54) is 0 Å². The lowest BCUT2D eigenvalue weighted by molar-refractivity contribution is -0.131. The van der Waals surface area contributed by atoms with Crippen molar-refractivity contribution in [1.29, 1.82) is 0 Å². The number of aromatic nitrogens is 4. The summed E-state index contributed by atoms with van der Waals surface area (Å²) in [7, 11) is 1.78. The van der Waals surface area contributed by atoms with Crippen LogP contribution in [0.3, 0.4) is 0 Å². The Morgan fingerprint density at radius 2 is 2.12 bits per heavy atom. The zero-order valence-corrected chi connectivity index (χ0v) is 13.6. The number of hydrogen-bond acceptors (Lipinski definition) is 7. The first-order valence-corrected chi connectivity index (χ1v) is 8.03. The summed E-state index contributed by atoms with van der Waals surface area (Å²) in [6, 6.07) is 0. The highest BCUT2D eigenvalue weighted by atomic mass is 16.2. The van der Waals surface area contributed by atoms with E-state index < -0.39 is 0 Å². The second kappa shape index (κ2) is 7.78. The van der Waals surface area contributed by atoms with Crippen LogP contribution in [0.25, 0.3) is 0 Å². The summed E-state index contributed by atoms with van der Waals surface area (Å²) in [6.45, 7) is 1.86. The number of carbonyl (C=O) groups is 1. The molecular formula is C16H21N7O. The van der Waals surface area contributed by atoms with E-state index in [2.05, 4.69) is 30.6 Å². The van der Waals surface area contributed by atoms with Gasteiger partial charge in [0.15, 0.2) is 0 Å². The predicted octanol–water partition coefficient (Wildman–Crippen LogP) is 0.936. The van der Waals surface area contributed by atoms with Crippen LogP contribution in [-0.4, -0.2) is 57.4 Å². The van der Waals surface area contributed by atoms with Gasteiger partial charge in [-0.1, -0.05) is 0 Å². The van der Waals surface area contributed by atoms with Gasteiger partial charge in [-0.25, -0.2) is 9.97 Å². The maximum Gasteiger partial charge on any atom is 0.236 e. The highest BCUT2D eigenvalue weighted by molar-refractivity contribution is 5.78. The normalized spacial score (nSPS) is 17.5. The lowest BCUT2D eigenvalue weighted by Gasteiger charge is -2.32. The summed E-state index contributed by atoms with van der Waals surface area (Å²) in [5.74, 6) is 1.59. The lowest BCUT2D eigenvalue weighted by atomic mass is 9.95. The zero-order chi connectivity index (χ0) is 16.8. The Balaban J connectivity index is 1.70. The largest absolute Gasteiger partial charge is 0.341 e. The monoisotopic (exact) mass is 327 g/mol. The van der Waals surface area contributed by atoms with Gasteiger partial charge in [-0.3, -0.25) is 14.8 Å². The molecule has 24 heavy (non-hydrogen) atoms. The molecule has 1 amide bonds. The quantitative estimate of drug-likeness (QED) is 0.843. The van der Waals surface area contributed by atoms with Crippen LogP contribution in [0.5, 0.6) is 0 Å². The van der Waals surface area contributed by atoms with E-state index in [1.54, 1.807) is 38.0 Å². The Labute approximate surface area is 140 Å². The van der Waals surface area contributed by atoms with Crippen molar-refractivity contribution in [2.75, 3.05) is 32.0 Å². The maximum atomic E-state index is 12.1. The molecule has 1 aliphatic rings. The number of nitrogens with zero attached hydrogens (tertiary/aromatic N) is 5. The number of piperidine rings is 1. The topological polar surface area (TPSA) is 95.9 Å². The molecule has 0 aromatic carbocycles. The summed E-state index contributed by atoms with van der Waals surface area (Å²) >= 11 is 0. The Morgan fingerprint density at radius 3 is 2.92 bits per heavy atom. The number of amides is 1. The van der Waals surface area contributed by atoms with Crippen LogP contribution in [-0.2, 0) is 4.79 Å². The highest BCUT2D eigenvalue weighted by Crippen LogP contribution is 2.26. The van der Waals surface area contributed by atoms with E-state index in [0.717, 1.165) is 25.1 Å². The standard InChI is InChI=1S/C16H21N7O/c1-17-10-16(24)23-6-2-3-12(11-23)13-7-19-9-15(21-13)22-14-8-18-4-5-20-14/h4-5,7-9,12,17H,2-3,6,10-11H2,1H3,(H,20,21,22)/t12-/m1/s1. The molecular weight excluding hydrogens is 306 g/mol. The number of carbonyl (C=O) groups excluding carboxylic acids is 1. The van der Waals surface area contributed by atoms with Crippen molar-refractivity contribution in [3.05, 3.63) is 36.7 Å². The van der Waals surface area contributed by atoms with Gasteiger partial charge in [0.1, 0.15) is 11.6 Å². The van der Waals surface area contributed by atoms with Gasteiger partial charge in [-0.05, 0) is 19.9 Å². The number of likely N-dealkylation sites (N-methyl/N-ethyl adjacent to an activating group) is 1. The molecule has 1 atom stereocenters. The van der Waals surface area contributed by atoms with Gasteiger partial charge in [-0.15, -0.1) is 0 Å². The smallest absolute Gasteiger partial charge is 0.236 e. The van der Waals surface area contributed by atoms with E-state index in [1.807, 2.05) is 4.90 Å². The summed E-state index contributed by atoms with van der Waals surface area (Å²) in [6.07, 6.45) is 10.3. The van der Waals surface area contributed by atoms with Crippen LogP contribution in [0, 0.1) is 0 Å². The second-order valence-corrected chi connectivity index (χ2v) is 5.75. The minimum absolute atomic E-state index is 0.129. The molecule has 0 radical (unpaired) electrons. The Bertz CT molecular complexity index is 679. The Hall–Kier alpha value is -2.61. The number of likely N-dealkylation sites (tertiary alicyclic amines) is 1. The molecule has 1 fully saturated rings. The first kappa shape index (κ1) is 16.3. The second-order valence-electron chi connectivity index (χ2n) is 5.75. The highest BCUT2D eigenvalue weighted by Gasteiger charge is 2.25. The molecule has 0 saturated carbocycles. The number of nitrogens with one attached hydrogen (secondary N) is 2. The predicted molar refractivity (Wildman–Crippen MR) is 89.8 cm³/mol. The average molecular weight is 327 g/mol. The molecule has 1 saturated heterocycles. The molecule has 3 heterocycles. The summed E-state index contributed by atoms with van der Waals surface area (Å²) in [5, 5.41) is 6.01. The van der Waals surface area contributed by atoms with Crippen molar-refractivity contribution >= 4 is 17.5 Å². The molecule has 0 spiro atoms. The molecule has 0 unspecified atom stereocenters. The lowest BCUT2D eigenvalue weighted by Crippen LogP contribution is -2.43. The minimum Gasteiger partial charge on any atom is -0.341 e. The molecule has 2 aromatic heterocycles. The third-order valence-electron chi connectivity index (χ3n) is 3.99. The number of anilines is 2.